The average molecular weight is 272 g/mol. The molecule has 1 aromatic rings. The lowest BCUT2D eigenvalue weighted by Crippen LogP contribution is -2.27. The molecule has 1 aliphatic rings. The minimum Gasteiger partial charge on any atom is -0.467 e. The highest BCUT2D eigenvalue weighted by atomic mass is 35.5. The Bertz CT molecular complexity index is 450. The lowest BCUT2D eigenvalue weighted by atomic mass is 10.1. The number of halogens is 1. The van der Waals surface area contributed by atoms with Gasteiger partial charge in [-0.25, -0.2) is 0 Å². The Labute approximate surface area is 110 Å². The number of rotatable bonds is 4. The van der Waals surface area contributed by atoms with E-state index in [0.717, 1.165) is 16.9 Å². The summed E-state index contributed by atoms with van der Waals surface area (Å²) in [5.41, 5.74) is 1.73. The van der Waals surface area contributed by atoms with Crippen LogP contribution in [0.1, 0.15) is 11.1 Å². The number of hydrogen-bond donors (Lipinski definition) is 1. The Kier molecular flexibility index (Phi) is 4.41. The average Bonchev–Trinajstić information content (AvgIpc) is 2.36. The maximum atomic E-state index is 11.3. The number of hydrogen-bond acceptors (Lipinski definition) is 4. The van der Waals surface area contributed by atoms with E-state index < -0.39 is 0 Å². The van der Waals surface area contributed by atoms with Gasteiger partial charge in [0, 0.05) is 29.8 Å². The van der Waals surface area contributed by atoms with Crippen LogP contribution in [-0.4, -0.2) is 26.4 Å². The van der Waals surface area contributed by atoms with E-state index in [0.29, 0.717) is 18.2 Å². The number of benzene rings is 1. The molecule has 5 nitrogen and oxygen atoms in total. The minimum absolute atomic E-state index is 0.0344. The number of fused-ring (bicyclic) bond motifs is 1. The molecule has 0 aliphatic carbocycles. The summed E-state index contributed by atoms with van der Waals surface area (Å²) in [6, 6.07) is 3.58. The van der Waals surface area contributed by atoms with Crippen LogP contribution in [0.25, 0.3) is 0 Å². The van der Waals surface area contributed by atoms with Gasteiger partial charge >= 0.3 is 0 Å². The van der Waals surface area contributed by atoms with Gasteiger partial charge in [0.2, 0.25) is 5.91 Å². The highest BCUT2D eigenvalue weighted by molar-refractivity contribution is 6.30. The van der Waals surface area contributed by atoms with E-state index in [4.69, 9.17) is 25.8 Å². The molecule has 98 valence electrons. The third-order valence-electron chi connectivity index (χ3n) is 2.50. The quantitative estimate of drug-likeness (QED) is 0.901. The lowest BCUT2D eigenvalue weighted by molar-refractivity contribution is -0.124. The van der Waals surface area contributed by atoms with Crippen molar-refractivity contribution in [2.24, 2.45) is 0 Å². The molecule has 0 atom stereocenters. The van der Waals surface area contributed by atoms with Gasteiger partial charge in [-0.3, -0.25) is 4.79 Å². The fraction of sp³-hybridized carbons (Fsp3) is 0.417. The number of nitrogens with one attached hydrogen (secondary N) is 1. The van der Waals surface area contributed by atoms with Crippen molar-refractivity contribution in [2.75, 3.05) is 20.5 Å². The summed E-state index contributed by atoms with van der Waals surface area (Å²) in [4.78, 5) is 11.3. The molecule has 0 spiro atoms. The predicted molar refractivity (Wildman–Crippen MR) is 65.5 cm³/mol. The Morgan fingerprint density at radius 2 is 2.39 bits per heavy atom. The maximum Gasteiger partial charge on any atom is 0.246 e. The molecule has 0 bridgehead atoms. The van der Waals surface area contributed by atoms with E-state index >= 15 is 0 Å². The van der Waals surface area contributed by atoms with E-state index in [1.807, 2.05) is 0 Å². The number of carbonyl (C=O) groups is 1. The molecule has 1 aliphatic heterocycles. The Balaban J connectivity index is 2.12. The van der Waals surface area contributed by atoms with Crippen LogP contribution in [-0.2, 0) is 27.4 Å². The van der Waals surface area contributed by atoms with Crippen LogP contribution in [0.15, 0.2) is 12.1 Å². The first-order valence-electron chi connectivity index (χ1n) is 5.48. The van der Waals surface area contributed by atoms with Crippen LogP contribution >= 0.6 is 11.6 Å². The zero-order valence-electron chi connectivity index (χ0n) is 9.99. The van der Waals surface area contributed by atoms with Gasteiger partial charge < -0.3 is 19.5 Å². The molecule has 0 saturated heterocycles. The molecule has 18 heavy (non-hydrogen) atoms. The van der Waals surface area contributed by atoms with Crippen molar-refractivity contribution in [1.29, 1.82) is 0 Å². The third-order valence-corrected chi connectivity index (χ3v) is 2.72. The Morgan fingerprint density at radius 3 is 3.17 bits per heavy atom. The van der Waals surface area contributed by atoms with E-state index in [1.165, 1.54) is 7.11 Å². The zero-order chi connectivity index (χ0) is 13.0. The van der Waals surface area contributed by atoms with Crippen LogP contribution in [0, 0.1) is 0 Å². The van der Waals surface area contributed by atoms with Gasteiger partial charge in [0.15, 0.2) is 6.79 Å². The first-order valence-corrected chi connectivity index (χ1v) is 5.86. The molecule has 2 rings (SSSR count). The van der Waals surface area contributed by atoms with Crippen molar-refractivity contribution in [2.45, 2.75) is 13.2 Å². The van der Waals surface area contributed by atoms with E-state index in [-0.39, 0.29) is 19.3 Å². The second-order valence-corrected chi connectivity index (χ2v) is 4.31. The first kappa shape index (κ1) is 13.1. The minimum atomic E-state index is -0.182. The van der Waals surface area contributed by atoms with Crippen LogP contribution in [0.3, 0.4) is 0 Å². The van der Waals surface area contributed by atoms with Gasteiger partial charge in [0.1, 0.15) is 12.4 Å². The number of carbonyl (C=O) groups excluding carboxylic acids is 1. The van der Waals surface area contributed by atoms with Crippen LogP contribution < -0.4 is 10.1 Å². The molecule has 0 fully saturated rings. The first-order chi connectivity index (χ1) is 8.70. The second-order valence-electron chi connectivity index (χ2n) is 3.87. The third kappa shape index (κ3) is 3.13. The summed E-state index contributed by atoms with van der Waals surface area (Å²) in [6.07, 6.45) is 0. The van der Waals surface area contributed by atoms with Crippen LogP contribution in [0.5, 0.6) is 5.75 Å². The molecular formula is C12H14ClNO4. The number of amides is 1. The van der Waals surface area contributed by atoms with E-state index in [2.05, 4.69) is 5.32 Å². The van der Waals surface area contributed by atoms with Gasteiger partial charge in [0.05, 0.1) is 6.61 Å². The number of methoxy groups -OCH3 is 1. The van der Waals surface area contributed by atoms with E-state index in [1.54, 1.807) is 12.1 Å². The van der Waals surface area contributed by atoms with Crippen molar-refractivity contribution in [3.05, 3.63) is 28.3 Å². The summed E-state index contributed by atoms with van der Waals surface area (Å²) in [5.74, 6) is 0.557. The molecular weight excluding hydrogens is 258 g/mol. The Hall–Kier alpha value is -1.30. The van der Waals surface area contributed by atoms with Crippen molar-refractivity contribution in [3.8, 4) is 5.75 Å². The van der Waals surface area contributed by atoms with Crippen molar-refractivity contribution in [1.82, 2.24) is 5.32 Å². The van der Waals surface area contributed by atoms with Crippen molar-refractivity contribution < 1.29 is 19.0 Å². The molecule has 6 heteroatoms. The van der Waals surface area contributed by atoms with Gasteiger partial charge in [-0.1, -0.05) is 11.6 Å². The topological polar surface area (TPSA) is 56.8 Å². The smallest absolute Gasteiger partial charge is 0.246 e. The molecule has 1 heterocycles. The van der Waals surface area contributed by atoms with Crippen LogP contribution in [0.2, 0.25) is 5.02 Å². The SMILES string of the molecule is COCC(=O)NCc1cc(Cl)cc2c1OCOC2. The predicted octanol–water partition coefficient (Wildman–Crippen LogP) is 1.47. The summed E-state index contributed by atoms with van der Waals surface area (Å²) in [6.45, 7) is 1.07. The fourth-order valence-corrected chi connectivity index (χ4v) is 2.03. The van der Waals surface area contributed by atoms with Crippen molar-refractivity contribution in [3.63, 3.8) is 0 Å². The summed E-state index contributed by atoms with van der Waals surface area (Å²) >= 11 is 6.01. The molecule has 0 aromatic heterocycles. The summed E-state index contributed by atoms with van der Waals surface area (Å²) < 4.78 is 15.4. The largest absolute Gasteiger partial charge is 0.467 e. The highest BCUT2D eigenvalue weighted by Crippen LogP contribution is 2.31. The summed E-state index contributed by atoms with van der Waals surface area (Å²) in [5, 5.41) is 3.33. The van der Waals surface area contributed by atoms with Crippen molar-refractivity contribution >= 4 is 17.5 Å². The molecule has 0 radical (unpaired) electrons. The molecule has 1 amide bonds. The van der Waals surface area contributed by atoms with Gasteiger partial charge in [-0.2, -0.15) is 0 Å². The molecule has 1 N–H and O–H groups in total. The maximum absolute atomic E-state index is 11.3. The van der Waals surface area contributed by atoms with Crippen LogP contribution in [0.4, 0.5) is 0 Å². The second kappa shape index (κ2) is 6.04. The highest BCUT2D eigenvalue weighted by Gasteiger charge is 2.16. The molecule has 1 aromatic carbocycles. The molecule has 0 unspecified atom stereocenters. The normalized spacial score (nSPS) is 13.7. The Morgan fingerprint density at radius 1 is 1.56 bits per heavy atom. The van der Waals surface area contributed by atoms with E-state index in [9.17, 15) is 4.79 Å². The van der Waals surface area contributed by atoms with Gasteiger partial charge in [-0.05, 0) is 12.1 Å². The van der Waals surface area contributed by atoms with Gasteiger partial charge in [0.25, 0.3) is 0 Å². The summed E-state index contributed by atoms with van der Waals surface area (Å²) in [7, 11) is 1.47. The number of ether oxygens (including phenoxy) is 3. The lowest BCUT2D eigenvalue weighted by Gasteiger charge is -2.21. The fourth-order valence-electron chi connectivity index (χ4n) is 1.76. The monoisotopic (exact) mass is 271 g/mol. The standard InChI is InChI=1S/C12H14ClNO4/c1-16-6-11(15)14-4-8-2-10(13)3-9-5-17-7-18-12(8)9/h2-3H,4-7H2,1H3,(H,14,15). The van der Waals surface area contributed by atoms with Gasteiger partial charge in [-0.15, -0.1) is 0 Å². The molecule has 0 saturated carbocycles. The zero-order valence-corrected chi connectivity index (χ0v) is 10.8.